The predicted molar refractivity (Wildman–Crippen MR) is 67.4 cm³/mol. The van der Waals surface area contributed by atoms with Crippen molar-refractivity contribution in [3.05, 3.63) is 21.9 Å². The van der Waals surface area contributed by atoms with Gasteiger partial charge in [-0.2, -0.15) is 5.26 Å². The van der Waals surface area contributed by atoms with E-state index in [1.54, 1.807) is 11.3 Å². The summed E-state index contributed by atoms with van der Waals surface area (Å²) in [5.74, 6) is 0. The molecule has 1 fully saturated rings. The largest absolute Gasteiger partial charge is 0.309 e. The van der Waals surface area contributed by atoms with Gasteiger partial charge in [0.2, 0.25) is 0 Å². The summed E-state index contributed by atoms with van der Waals surface area (Å²) in [6.45, 7) is 0.928. The van der Waals surface area contributed by atoms with E-state index in [1.807, 2.05) is 11.4 Å². The maximum absolute atomic E-state index is 8.74. The Bertz CT molecular complexity index is 356. The van der Waals surface area contributed by atoms with Crippen LogP contribution in [0.2, 0.25) is 0 Å². The number of hydrogen-bond acceptors (Lipinski definition) is 3. The van der Waals surface area contributed by atoms with Crippen LogP contribution >= 0.6 is 11.3 Å². The van der Waals surface area contributed by atoms with Crippen LogP contribution in [0.5, 0.6) is 0 Å². The average Bonchev–Trinajstić information content (AvgIpc) is 2.61. The fourth-order valence-corrected chi connectivity index (χ4v) is 3.02. The van der Waals surface area contributed by atoms with Crippen LogP contribution in [-0.4, -0.2) is 6.04 Å². The highest BCUT2D eigenvalue weighted by molar-refractivity contribution is 7.10. The Morgan fingerprint density at radius 3 is 2.69 bits per heavy atom. The third-order valence-corrected chi connectivity index (χ3v) is 4.14. The summed E-state index contributed by atoms with van der Waals surface area (Å²) in [6, 6.07) is 4.86. The molecule has 1 aliphatic rings. The summed E-state index contributed by atoms with van der Waals surface area (Å²) in [5, 5.41) is 14.3. The third kappa shape index (κ3) is 3.33. The normalized spacial score (nSPS) is 17.9. The molecule has 1 aromatic rings. The number of thiophene rings is 1. The average molecular weight is 234 g/mol. The Labute approximate surface area is 101 Å². The molecule has 0 aliphatic heterocycles. The molecular weight excluding hydrogens is 216 g/mol. The minimum Gasteiger partial charge on any atom is -0.309 e. The van der Waals surface area contributed by atoms with Gasteiger partial charge in [0.1, 0.15) is 6.07 Å². The zero-order chi connectivity index (χ0) is 11.2. The molecule has 0 spiro atoms. The SMILES string of the molecule is N#Cc1csc(CNC2CCCCCC2)c1. The molecule has 0 bridgehead atoms. The first-order chi connectivity index (χ1) is 7.88. The molecular formula is C13H18N2S. The van der Waals surface area contributed by atoms with E-state index >= 15 is 0 Å². The molecule has 3 heteroatoms. The van der Waals surface area contributed by atoms with Gasteiger partial charge in [-0.3, -0.25) is 0 Å². The number of nitriles is 1. The molecule has 1 aromatic heterocycles. The van der Waals surface area contributed by atoms with Crippen LogP contribution in [0.1, 0.15) is 49.0 Å². The first kappa shape index (κ1) is 11.6. The van der Waals surface area contributed by atoms with Crippen molar-refractivity contribution in [3.8, 4) is 6.07 Å². The Hall–Kier alpha value is -0.850. The minimum absolute atomic E-state index is 0.690. The van der Waals surface area contributed by atoms with Crippen molar-refractivity contribution in [3.63, 3.8) is 0 Å². The van der Waals surface area contributed by atoms with E-state index < -0.39 is 0 Å². The van der Waals surface area contributed by atoms with Gasteiger partial charge in [-0.25, -0.2) is 0 Å². The summed E-state index contributed by atoms with van der Waals surface area (Å²) in [7, 11) is 0. The van der Waals surface area contributed by atoms with Gasteiger partial charge in [0.15, 0.2) is 0 Å². The van der Waals surface area contributed by atoms with Gasteiger partial charge in [0, 0.05) is 22.8 Å². The van der Waals surface area contributed by atoms with Crippen molar-refractivity contribution in [1.29, 1.82) is 5.26 Å². The van der Waals surface area contributed by atoms with Crippen molar-refractivity contribution in [1.82, 2.24) is 5.32 Å². The maximum atomic E-state index is 8.74. The zero-order valence-corrected chi connectivity index (χ0v) is 10.4. The fourth-order valence-electron chi connectivity index (χ4n) is 2.26. The van der Waals surface area contributed by atoms with Crippen LogP contribution in [0.15, 0.2) is 11.4 Å². The standard InChI is InChI=1S/C13H18N2S/c14-8-11-7-13(16-10-11)9-15-12-5-3-1-2-4-6-12/h7,10,12,15H,1-6,9H2. The van der Waals surface area contributed by atoms with E-state index in [0.717, 1.165) is 12.1 Å². The quantitative estimate of drug-likeness (QED) is 0.813. The predicted octanol–water partition coefficient (Wildman–Crippen LogP) is 3.43. The number of nitrogens with one attached hydrogen (secondary N) is 1. The minimum atomic E-state index is 0.690. The van der Waals surface area contributed by atoms with Crippen molar-refractivity contribution < 1.29 is 0 Å². The monoisotopic (exact) mass is 234 g/mol. The smallest absolute Gasteiger partial charge is 0.100 e. The lowest BCUT2D eigenvalue weighted by Crippen LogP contribution is -2.27. The Balaban J connectivity index is 1.79. The van der Waals surface area contributed by atoms with Gasteiger partial charge >= 0.3 is 0 Å². The van der Waals surface area contributed by atoms with Gasteiger partial charge in [-0.05, 0) is 18.9 Å². The molecule has 2 nitrogen and oxygen atoms in total. The number of hydrogen-bond donors (Lipinski definition) is 1. The van der Waals surface area contributed by atoms with E-state index in [2.05, 4.69) is 11.4 Å². The summed E-state index contributed by atoms with van der Waals surface area (Å²) >= 11 is 1.68. The molecule has 0 saturated heterocycles. The third-order valence-electron chi connectivity index (χ3n) is 3.20. The van der Waals surface area contributed by atoms with Crippen LogP contribution in [0.25, 0.3) is 0 Å². The molecule has 0 atom stereocenters. The van der Waals surface area contributed by atoms with E-state index in [9.17, 15) is 0 Å². The van der Waals surface area contributed by atoms with Gasteiger partial charge in [0.25, 0.3) is 0 Å². The van der Waals surface area contributed by atoms with Gasteiger partial charge in [-0.15, -0.1) is 11.3 Å². The molecule has 0 aromatic carbocycles. The molecule has 2 rings (SSSR count). The maximum Gasteiger partial charge on any atom is 0.100 e. The van der Waals surface area contributed by atoms with Crippen LogP contribution in [0.4, 0.5) is 0 Å². The van der Waals surface area contributed by atoms with Crippen molar-refractivity contribution in [2.45, 2.75) is 51.1 Å². The van der Waals surface area contributed by atoms with Gasteiger partial charge < -0.3 is 5.32 Å². The molecule has 86 valence electrons. The highest BCUT2D eigenvalue weighted by Gasteiger charge is 2.11. The second-order valence-electron chi connectivity index (χ2n) is 4.48. The molecule has 1 saturated carbocycles. The van der Waals surface area contributed by atoms with Crippen LogP contribution in [-0.2, 0) is 6.54 Å². The van der Waals surface area contributed by atoms with Crippen LogP contribution in [0.3, 0.4) is 0 Å². The van der Waals surface area contributed by atoms with Crippen molar-refractivity contribution >= 4 is 11.3 Å². The van der Waals surface area contributed by atoms with E-state index in [-0.39, 0.29) is 0 Å². The molecule has 0 amide bonds. The zero-order valence-electron chi connectivity index (χ0n) is 9.54. The molecule has 16 heavy (non-hydrogen) atoms. The summed E-state index contributed by atoms with van der Waals surface area (Å²) in [5.41, 5.74) is 0.794. The van der Waals surface area contributed by atoms with Crippen molar-refractivity contribution in [2.24, 2.45) is 0 Å². The van der Waals surface area contributed by atoms with Crippen LogP contribution in [0, 0.1) is 11.3 Å². The lowest BCUT2D eigenvalue weighted by atomic mass is 10.1. The summed E-state index contributed by atoms with van der Waals surface area (Å²) in [4.78, 5) is 1.28. The van der Waals surface area contributed by atoms with E-state index in [4.69, 9.17) is 5.26 Å². The highest BCUT2D eigenvalue weighted by Crippen LogP contribution is 2.19. The Morgan fingerprint density at radius 2 is 2.06 bits per heavy atom. The summed E-state index contributed by atoms with van der Waals surface area (Å²) in [6.07, 6.45) is 8.16. The topological polar surface area (TPSA) is 35.8 Å². The molecule has 0 radical (unpaired) electrons. The molecule has 1 aliphatic carbocycles. The molecule has 1 N–H and O–H groups in total. The van der Waals surface area contributed by atoms with Crippen molar-refractivity contribution in [2.75, 3.05) is 0 Å². The lowest BCUT2D eigenvalue weighted by Gasteiger charge is -2.15. The Kier molecular flexibility index (Phi) is 4.38. The first-order valence-electron chi connectivity index (χ1n) is 6.09. The van der Waals surface area contributed by atoms with E-state index in [1.165, 1.54) is 43.4 Å². The highest BCUT2D eigenvalue weighted by atomic mass is 32.1. The summed E-state index contributed by atoms with van der Waals surface area (Å²) < 4.78 is 0. The van der Waals surface area contributed by atoms with Gasteiger partial charge in [-0.1, -0.05) is 25.7 Å². The second-order valence-corrected chi connectivity index (χ2v) is 5.48. The lowest BCUT2D eigenvalue weighted by molar-refractivity contribution is 0.461. The van der Waals surface area contributed by atoms with Crippen LogP contribution < -0.4 is 5.32 Å². The van der Waals surface area contributed by atoms with Gasteiger partial charge in [0.05, 0.1) is 5.56 Å². The second kappa shape index (κ2) is 6.03. The number of nitrogens with zero attached hydrogens (tertiary/aromatic N) is 1. The first-order valence-corrected chi connectivity index (χ1v) is 6.97. The number of rotatable bonds is 3. The Morgan fingerprint density at radius 1 is 1.31 bits per heavy atom. The fraction of sp³-hybridized carbons (Fsp3) is 0.615. The van der Waals surface area contributed by atoms with E-state index in [0.29, 0.717) is 6.04 Å². The molecule has 1 heterocycles. The molecule has 0 unspecified atom stereocenters.